The zero-order chi connectivity index (χ0) is 26.1. The van der Waals surface area contributed by atoms with E-state index in [2.05, 4.69) is 28.4 Å². The molecule has 0 unspecified atom stereocenters. The van der Waals surface area contributed by atoms with Crippen LogP contribution in [0.4, 0.5) is 20.8 Å². The summed E-state index contributed by atoms with van der Waals surface area (Å²) in [5, 5.41) is 2.97. The molecule has 1 aromatic heterocycles. The Morgan fingerprint density at radius 3 is 2.55 bits per heavy atom. The highest BCUT2D eigenvalue weighted by atomic mass is 19.1. The predicted octanol–water partition coefficient (Wildman–Crippen LogP) is 5.87. The van der Waals surface area contributed by atoms with E-state index in [9.17, 15) is 9.18 Å². The number of hydrogen-bond acceptors (Lipinski definition) is 5. The van der Waals surface area contributed by atoms with Crippen LogP contribution in [0, 0.1) is 12.7 Å². The first kappa shape index (κ1) is 23.9. The third-order valence-electron chi connectivity index (χ3n) is 7.02. The molecule has 8 heteroatoms. The smallest absolute Gasteiger partial charge is 0.322 e. The van der Waals surface area contributed by atoms with Crippen molar-refractivity contribution in [2.45, 2.75) is 32.9 Å². The average molecular weight is 510 g/mol. The van der Waals surface area contributed by atoms with Crippen LogP contribution < -0.4 is 15.0 Å². The van der Waals surface area contributed by atoms with E-state index in [1.54, 1.807) is 17.0 Å². The Morgan fingerprint density at radius 2 is 1.74 bits per heavy atom. The van der Waals surface area contributed by atoms with Gasteiger partial charge in [0.1, 0.15) is 11.6 Å². The standard InChI is InChI=1S/C30H28FN5O2/c1-20-9-11-24(12-10-20)32-30(37)36-16-14-27-26(19-36)28(38-25-8-4-7-23(31)17-25)34-29(33-27)35-15-13-21-5-2-3-6-22(21)18-35/h2-12,17H,13-16,18-19H2,1H3,(H,32,37). The van der Waals surface area contributed by atoms with Crippen LogP contribution in [0.2, 0.25) is 0 Å². The molecule has 6 rings (SSSR count). The van der Waals surface area contributed by atoms with Crippen LogP contribution in [0.25, 0.3) is 0 Å². The Bertz CT molecular complexity index is 1490. The number of carbonyl (C=O) groups is 1. The third-order valence-corrected chi connectivity index (χ3v) is 7.02. The Hall–Kier alpha value is -4.46. The minimum Gasteiger partial charge on any atom is -0.438 e. The summed E-state index contributed by atoms with van der Waals surface area (Å²) >= 11 is 0. The van der Waals surface area contributed by atoms with E-state index in [1.165, 1.54) is 23.3 Å². The lowest BCUT2D eigenvalue weighted by Crippen LogP contribution is -2.40. The van der Waals surface area contributed by atoms with E-state index >= 15 is 0 Å². The van der Waals surface area contributed by atoms with Crippen LogP contribution >= 0.6 is 0 Å². The van der Waals surface area contributed by atoms with Crippen molar-refractivity contribution in [3.63, 3.8) is 0 Å². The Labute approximate surface area is 220 Å². The van der Waals surface area contributed by atoms with E-state index in [4.69, 9.17) is 14.7 Å². The lowest BCUT2D eigenvalue weighted by molar-refractivity contribution is 0.205. The first-order valence-corrected chi connectivity index (χ1v) is 12.8. The van der Waals surface area contributed by atoms with E-state index in [0.29, 0.717) is 43.6 Å². The van der Waals surface area contributed by atoms with Gasteiger partial charge in [0, 0.05) is 37.8 Å². The van der Waals surface area contributed by atoms with Crippen molar-refractivity contribution < 1.29 is 13.9 Å². The molecule has 0 atom stereocenters. The van der Waals surface area contributed by atoms with Gasteiger partial charge in [-0.1, -0.05) is 48.0 Å². The molecular weight excluding hydrogens is 481 g/mol. The molecule has 2 aliphatic heterocycles. The second-order valence-electron chi connectivity index (χ2n) is 9.72. The van der Waals surface area contributed by atoms with Gasteiger partial charge in [-0.2, -0.15) is 4.98 Å². The highest BCUT2D eigenvalue weighted by molar-refractivity contribution is 5.89. The van der Waals surface area contributed by atoms with E-state index in [0.717, 1.165) is 35.5 Å². The van der Waals surface area contributed by atoms with Gasteiger partial charge < -0.3 is 19.9 Å². The highest BCUT2D eigenvalue weighted by Gasteiger charge is 2.29. The van der Waals surface area contributed by atoms with Crippen LogP contribution in [0.15, 0.2) is 72.8 Å². The molecule has 0 saturated carbocycles. The maximum atomic E-state index is 13.9. The SMILES string of the molecule is Cc1ccc(NC(=O)N2CCc3nc(N4CCc5ccccc5C4)nc(Oc4cccc(F)c4)c3C2)cc1. The summed E-state index contributed by atoms with van der Waals surface area (Å²) in [4.78, 5) is 26.7. The molecule has 0 spiro atoms. The second-order valence-corrected chi connectivity index (χ2v) is 9.72. The minimum absolute atomic E-state index is 0.201. The molecule has 0 radical (unpaired) electrons. The zero-order valence-corrected chi connectivity index (χ0v) is 21.2. The second kappa shape index (κ2) is 10.1. The largest absolute Gasteiger partial charge is 0.438 e. The van der Waals surface area contributed by atoms with Crippen LogP contribution in [-0.2, 0) is 25.9 Å². The van der Waals surface area contributed by atoms with Gasteiger partial charge in [0.05, 0.1) is 17.8 Å². The molecule has 2 aliphatic rings. The number of nitrogens with one attached hydrogen (secondary N) is 1. The summed E-state index contributed by atoms with van der Waals surface area (Å²) < 4.78 is 20.1. The minimum atomic E-state index is -0.391. The van der Waals surface area contributed by atoms with Crippen molar-refractivity contribution in [2.75, 3.05) is 23.3 Å². The quantitative estimate of drug-likeness (QED) is 0.373. The number of nitrogens with zero attached hydrogens (tertiary/aromatic N) is 4. The maximum absolute atomic E-state index is 13.9. The molecule has 0 fully saturated rings. The average Bonchev–Trinajstić information content (AvgIpc) is 2.93. The fourth-order valence-corrected chi connectivity index (χ4v) is 4.92. The van der Waals surface area contributed by atoms with Crippen molar-refractivity contribution in [1.82, 2.24) is 14.9 Å². The van der Waals surface area contributed by atoms with Gasteiger partial charge in [-0.25, -0.2) is 14.2 Å². The maximum Gasteiger partial charge on any atom is 0.322 e. The van der Waals surface area contributed by atoms with Gasteiger partial charge in [0.2, 0.25) is 11.8 Å². The van der Waals surface area contributed by atoms with Crippen molar-refractivity contribution >= 4 is 17.7 Å². The van der Waals surface area contributed by atoms with E-state index in [-0.39, 0.29) is 6.03 Å². The topological polar surface area (TPSA) is 70.6 Å². The van der Waals surface area contributed by atoms with E-state index in [1.807, 2.05) is 37.3 Å². The number of benzene rings is 3. The zero-order valence-electron chi connectivity index (χ0n) is 21.2. The molecule has 0 saturated heterocycles. The normalized spacial score (nSPS) is 14.5. The van der Waals surface area contributed by atoms with Gasteiger partial charge in [-0.05, 0) is 48.7 Å². The van der Waals surface area contributed by atoms with Gasteiger partial charge >= 0.3 is 6.03 Å². The van der Waals surface area contributed by atoms with Gasteiger partial charge in [-0.3, -0.25) is 0 Å². The first-order valence-electron chi connectivity index (χ1n) is 12.8. The summed E-state index contributed by atoms with van der Waals surface area (Å²) in [6.45, 7) is 4.31. The number of fused-ring (bicyclic) bond motifs is 2. The number of aryl methyl sites for hydroxylation is 1. The Kier molecular flexibility index (Phi) is 6.37. The molecule has 4 aromatic rings. The summed E-state index contributed by atoms with van der Waals surface area (Å²) in [6, 6.07) is 21.9. The molecule has 3 heterocycles. The number of urea groups is 1. The predicted molar refractivity (Wildman–Crippen MR) is 144 cm³/mol. The number of aromatic nitrogens is 2. The number of amides is 2. The molecular formula is C30H28FN5O2. The van der Waals surface area contributed by atoms with Crippen LogP contribution in [0.5, 0.6) is 11.6 Å². The first-order chi connectivity index (χ1) is 18.5. The van der Waals surface area contributed by atoms with Crippen LogP contribution in [0.3, 0.4) is 0 Å². The van der Waals surface area contributed by atoms with Crippen molar-refractivity contribution in [1.29, 1.82) is 0 Å². The fourth-order valence-electron chi connectivity index (χ4n) is 4.92. The lowest BCUT2D eigenvalue weighted by Gasteiger charge is -2.32. The molecule has 192 valence electrons. The van der Waals surface area contributed by atoms with Crippen molar-refractivity contribution in [2.24, 2.45) is 0 Å². The summed E-state index contributed by atoms with van der Waals surface area (Å²) in [6.07, 6.45) is 1.47. The summed E-state index contributed by atoms with van der Waals surface area (Å²) in [7, 11) is 0. The molecule has 0 aliphatic carbocycles. The molecule has 3 aromatic carbocycles. The molecule has 0 bridgehead atoms. The Morgan fingerprint density at radius 1 is 0.921 bits per heavy atom. The fraction of sp³-hybridized carbons (Fsp3) is 0.233. The number of hydrogen-bond donors (Lipinski definition) is 1. The number of halogens is 1. The molecule has 7 nitrogen and oxygen atoms in total. The number of anilines is 2. The number of ether oxygens (including phenoxy) is 1. The van der Waals surface area contributed by atoms with Gasteiger partial charge in [0.25, 0.3) is 0 Å². The number of carbonyl (C=O) groups excluding carboxylic acids is 1. The summed E-state index contributed by atoms with van der Waals surface area (Å²) in [5.74, 6) is 0.893. The third kappa shape index (κ3) is 5.02. The van der Waals surface area contributed by atoms with Crippen molar-refractivity contribution in [3.8, 4) is 11.6 Å². The molecule has 2 amide bonds. The van der Waals surface area contributed by atoms with Crippen LogP contribution in [0.1, 0.15) is 27.9 Å². The van der Waals surface area contributed by atoms with Crippen molar-refractivity contribution in [3.05, 3.63) is 107 Å². The lowest BCUT2D eigenvalue weighted by atomic mass is 10.0. The van der Waals surface area contributed by atoms with Gasteiger partial charge in [0.15, 0.2) is 0 Å². The number of rotatable bonds is 4. The van der Waals surface area contributed by atoms with Gasteiger partial charge in [-0.15, -0.1) is 0 Å². The monoisotopic (exact) mass is 509 g/mol. The summed E-state index contributed by atoms with van der Waals surface area (Å²) in [5.41, 5.74) is 6.04. The van der Waals surface area contributed by atoms with Crippen LogP contribution in [-0.4, -0.2) is 34.0 Å². The molecule has 38 heavy (non-hydrogen) atoms. The molecule has 1 N–H and O–H groups in total. The highest BCUT2D eigenvalue weighted by Crippen LogP contribution is 2.33. The van der Waals surface area contributed by atoms with E-state index < -0.39 is 5.82 Å². The Balaban J connectivity index is 1.30.